The molecule has 4 heterocycles. The van der Waals surface area contributed by atoms with Gasteiger partial charge in [-0.15, -0.1) is 21.5 Å². The monoisotopic (exact) mass is 490 g/mol. The number of anilines is 2. The molecule has 2 aliphatic rings. The van der Waals surface area contributed by atoms with Crippen molar-refractivity contribution >= 4 is 28.7 Å². The van der Waals surface area contributed by atoms with Gasteiger partial charge in [0.25, 0.3) is 0 Å². The third-order valence-electron chi connectivity index (χ3n) is 7.06. The summed E-state index contributed by atoms with van der Waals surface area (Å²) in [6, 6.07) is 18.8. The summed E-state index contributed by atoms with van der Waals surface area (Å²) in [4.78, 5) is 21.0. The molecule has 2 saturated heterocycles. The lowest BCUT2D eigenvalue weighted by Crippen LogP contribution is -2.47. The molecule has 0 aliphatic carbocycles. The second-order valence-electron chi connectivity index (χ2n) is 9.32. The molecular weight excluding hydrogens is 456 g/mol. The lowest BCUT2D eigenvalue weighted by Gasteiger charge is -2.36. The highest BCUT2D eigenvalue weighted by Gasteiger charge is 2.25. The Kier molecular flexibility index (Phi) is 7.90. The standard InChI is InChI=1S/C27H34N6OS/c34-27(28-13-5-14-31-17-19-32(20-18-31)23-6-2-1-3-7-23)22-11-15-33(16-12-22)26-10-9-24(29-30-26)25-8-4-21-35-25/h1-4,6-10,21-22H,5,11-20H2,(H,28,34). The van der Waals surface area contributed by atoms with Crippen LogP contribution in [0, 0.1) is 5.92 Å². The number of benzene rings is 1. The van der Waals surface area contributed by atoms with Gasteiger partial charge in [-0.2, -0.15) is 0 Å². The number of carbonyl (C=O) groups excluding carboxylic acids is 1. The molecule has 8 heteroatoms. The van der Waals surface area contributed by atoms with Crippen molar-refractivity contribution in [3.8, 4) is 10.6 Å². The number of hydrogen-bond acceptors (Lipinski definition) is 7. The topological polar surface area (TPSA) is 64.6 Å². The van der Waals surface area contributed by atoms with Gasteiger partial charge < -0.3 is 15.1 Å². The number of piperidine rings is 1. The summed E-state index contributed by atoms with van der Waals surface area (Å²) in [6.45, 7) is 7.78. The fourth-order valence-corrected chi connectivity index (χ4v) is 5.64. The van der Waals surface area contributed by atoms with Crippen molar-refractivity contribution in [3.05, 3.63) is 60.0 Å². The molecule has 35 heavy (non-hydrogen) atoms. The Balaban J connectivity index is 0.977. The van der Waals surface area contributed by atoms with Crippen LogP contribution in [0.1, 0.15) is 19.3 Å². The first-order chi connectivity index (χ1) is 17.3. The van der Waals surface area contributed by atoms with Gasteiger partial charge in [-0.05, 0) is 61.5 Å². The maximum atomic E-state index is 12.7. The minimum atomic E-state index is 0.0963. The van der Waals surface area contributed by atoms with Gasteiger partial charge in [-0.25, -0.2) is 0 Å². The molecule has 0 spiro atoms. The maximum Gasteiger partial charge on any atom is 0.223 e. The van der Waals surface area contributed by atoms with Crippen molar-refractivity contribution in [3.63, 3.8) is 0 Å². The molecule has 5 rings (SSSR count). The predicted octanol–water partition coefficient (Wildman–Crippen LogP) is 3.75. The Morgan fingerprint density at radius 2 is 1.69 bits per heavy atom. The van der Waals surface area contributed by atoms with Gasteiger partial charge in [0.2, 0.25) is 5.91 Å². The molecule has 2 aliphatic heterocycles. The lowest BCUT2D eigenvalue weighted by atomic mass is 9.96. The Morgan fingerprint density at radius 3 is 2.37 bits per heavy atom. The zero-order valence-corrected chi connectivity index (χ0v) is 21.0. The fraction of sp³-hybridized carbons (Fsp3) is 0.444. The van der Waals surface area contributed by atoms with Crippen molar-refractivity contribution in [1.82, 2.24) is 20.4 Å². The molecule has 0 radical (unpaired) electrons. The second-order valence-corrected chi connectivity index (χ2v) is 10.3. The van der Waals surface area contributed by atoms with Gasteiger partial charge in [0.1, 0.15) is 5.69 Å². The Hall–Kier alpha value is -2.97. The number of piperazine rings is 1. The van der Waals surface area contributed by atoms with Crippen LogP contribution in [-0.4, -0.2) is 73.4 Å². The third-order valence-corrected chi connectivity index (χ3v) is 7.95. The average molecular weight is 491 g/mol. The summed E-state index contributed by atoms with van der Waals surface area (Å²) in [5.41, 5.74) is 2.23. The van der Waals surface area contributed by atoms with Crippen molar-refractivity contribution in [2.45, 2.75) is 19.3 Å². The van der Waals surface area contributed by atoms with Crippen LogP contribution in [0.25, 0.3) is 10.6 Å². The molecule has 1 N–H and O–H groups in total. The van der Waals surface area contributed by atoms with Crippen LogP contribution >= 0.6 is 11.3 Å². The number of nitrogens with zero attached hydrogens (tertiary/aromatic N) is 5. The van der Waals surface area contributed by atoms with Gasteiger partial charge in [0.15, 0.2) is 5.82 Å². The molecule has 1 aromatic carbocycles. The second kappa shape index (κ2) is 11.6. The first-order valence-corrected chi connectivity index (χ1v) is 13.6. The number of para-hydroxylation sites is 1. The van der Waals surface area contributed by atoms with E-state index < -0.39 is 0 Å². The van der Waals surface area contributed by atoms with Crippen LogP contribution in [0.5, 0.6) is 0 Å². The number of amides is 1. The van der Waals surface area contributed by atoms with E-state index in [-0.39, 0.29) is 11.8 Å². The molecule has 0 unspecified atom stereocenters. The number of aromatic nitrogens is 2. The Morgan fingerprint density at radius 1 is 0.886 bits per heavy atom. The molecule has 7 nitrogen and oxygen atoms in total. The highest BCUT2D eigenvalue weighted by Crippen LogP contribution is 2.25. The zero-order valence-electron chi connectivity index (χ0n) is 20.2. The number of nitrogens with one attached hydrogen (secondary N) is 1. The van der Waals surface area contributed by atoms with Crippen LogP contribution in [0.2, 0.25) is 0 Å². The third kappa shape index (κ3) is 6.18. The largest absolute Gasteiger partial charge is 0.369 e. The smallest absolute Gasteiger partial charge is 0.223 e. The van der Waals surface area contributed by atoms with Crippen LogP contribution in [0.15, 0.2) is 60.0 Å². The van der Waals surface area contributed by atoms with E-state index in [4.69, 9.17) is 0 Å². The zero-order chi connectivity index (χ0) is 23.9. The summed E-state index contributed by atoms with van der Waals surface area (Å²) in [5, 5.41) is 14.1. The molecule has 3 aromatic rings. The number of thiophene rings is 1. The summed E-state index contributed by atoms with van der Waals surface area (Å²) in [5.74, 6) is 1.20. The van der Waals surface area contributed by atoms with E-state index in [0.29, 0.717) is 0 Å². The van der Waals surface area contributed by atoms with Crippen LogP contribution < -0.4 is 15.1 Å². The molecule has 0 saturated carbocycles. The number of carbonyl (C=O) groups is 1. The quantitative estimate of drug-likeness (QED) is 0.485. The van der Waals surface area contributed by atoms with Crippen LogP contribution in [0.4, 0.5) is 11.5 Å². The van der Waals surface area contributed by atoms with E-state index in [1.54, 1.807) is 11.3 Å². The fourth-order valence-electron chi connectivity index (χ4n) is 4.95. The van der Waals surface area contributed by atoms with Crippen molar-refractivity contribution < 1.29 is 4.79 Å². The van der Waals surface area contributed by atoms with Crippen molar-refractivity contribution in [2.24, 2.45) is 5.92 Å². The SMILES string of the molecule is O=C(NCCCN1CCN(c2ccccc2)CC1)C1CCN(c2ccc(-c3cccs3)nn2)CC1. The molecule has 1 amide bonds. The molecule has 0 bridgehead atoms. The summed E-state index contributed by atoms with van der Waals surface area (Å²) in [7, 11) is 0. The Labute approximate surface area is 211 Å². The molecular formula is C27H34N6OS. The molecule has 184 valence electrons. The van der Waals surface area contributed by atoms with Gasteiger partial charge in [0.05, 0.1) is 4.88 Å². The first kappa shape index (κ1) is 23.8. The summed E-state index contributed by atoms with van der Waals surface area (Å²) in [6.07, 6.45) is 2.73. The van der Waals surface area contributed by atoms with E-state index >= 15 is 0 Å². The van der Waals surface area contributed by atoms with Gasteiger partial charge in [0, 0.05) is 57.4 Å². The summed E-state index contributed by atoms with van der Waals surface area (Å²) < 4.78 is 0. The van der Waals surface area contributed by atoms with E-state index in [1.807, 2.05) is 23.6 Å². The van der Waals surface area contributed by atoms with Gasteiger partial charge in [-0.3, -0.25) is 9.69 Å². The average Bonchev–Trinajstić information content (AvgIpc) is 3.47. The normalized spacial score (nSPS) is 17.5. The van der Waals surface area contributed by atoms with Gasteiger partial charge >= 0.3 is 0 Å². The molecule has 2 aromatic heterocycles. The summed E-state index contributed by atoms with van der Waals surface area (Å²) >= 11 is 1.67. The number of rotatable bonds is 8. The molecule has 2 fully saturated rings. The lowest BCUT2D eigenvalue weighted by molar-refractivity contribution is -0.125. The highest BCUT2D eigenvalue weighted by molar-refractivity contribution is 7.13. The highest BCUT2D eigenvalue weighted by atomic mass is 32.1. The van der Waals surface area contributed by atoms with E-state index in [2.05, 4.69) is 66.6 Å². The molecule has 0 atom stereocenters. The van der Waals surface area contributed by atoms with Crippen molar-refractivity contribution in [2.75, 3.05) is 62.2 Å². The minimum absolute atomic E-state index is 0.0963. The van der Waals surface area contributed by atoms with Crippen LogP contribution in [-0.2, 0) is 4.79 Å². The van der Waals surface area contributed by atoms with E-state index in [9.17, 15) is 4.79 Å². The Bertz CT molecular complexity index is 1040. The maximum absolute atomic E-state index is 12.7. The predicted molar refractivity (Wildman–Crippen MR) is 143 cm³/mol. The minimum Gasteiger partial charge on any atom is -0.369 e. The first-order valence-electron chi connectivity index (χ1n) is 12.7. The number of hydrogen-bond donors (Lipinski definition) is 1. The van der Waals surface area contributed by atoms with Gasteiger partial charge in [-0.1, -0.05) is 24.3 Å². The van der Waals surface area contributed by atoms with E-state index in [1.165, 1.54) is 5.69 Å². The van der Waals surface area contributed by atoms with Crippen molar-refractivity contribution in [1.29, 1.82) is 0 Å². The van der Waals surface area contributed by atoms with E-state index in [0.717, 1.165) is 88.0 Å². The van der Waals surface area contributed by atoms with Crippen LogP contribution in [0.3, 0.4) is 0 Å².